The molecule has 0 amide bonds. The Morgan fingerprint density at radius 3 is 2.27 bits per heavy atom. The third kappa shape index (κ3) is 4.03. The van der Waals surface area contributed by atoms with E-state index in [0.717, 1.165) is 4.90 Å². The van der Waals surface area contributed by atoms with Gasteiger partial charge in [-0.15, -0.1) is 0 Å². The Hall–Kier alpha value is -0.850. The average molecular weight is 284 g/mol. The number of halogens is 4. The molecule has 15 heavy (non-hydrogen) atoms. The van der Waals surface area contributed by atoms with Crippen LogP contribution in [0.2, 0.25) is 0 Å². The van der Waals surface area contributed by atoms with Gasteiger partial charge in [-0.2, -0.15) is 13.2 Å². The Morgan fingerprint density at radius 2 is 1.87 bits per heavy atom. The molecule has 0 atom stereocenters. The summed E-state index contributed by atoms with van der Waals surface area (Å²) in [7, 11) is 0. The van der Waals surface area contributed by atoms with E-state index in [9.17, 15) is 13.2 Å². The van der Waals surface area contributed by atoms with Gasteiger partial charge in [0.25, 0.3) is 0 Å². The second-order valence-electron chi connectivity index (χ2n) is 2.83. The molecule has 0 bridgehead atoms. The predicted octanol–water partition coefficient (Wildman–Crippen LogP) is 2.63. The highest BCUT2D eigenvalue weighted by Gasteiger charge is 2.31. The van der Waals surface area contributed by atoms with Crippen LogP contribution in [0.1, 0.15) is 6.92 Å². The molecule has 7 heteroatoms. The fourth-order valence-electron chi connectivity index (χ4n) is 1.01. The van der Waals surface area contributed by atoms with Crippen molar-refractivity contribution in [1.29, 1.82) is 0 Å². The van der Waals surface area contributed by atoms with Gasteiger partial charge in [-0.05, 0) is 22.9 Å². The topological polar surface area (TPSA) is 29.0 Å². The zero-order chi connectivity index (χ0) is 11.5. The minimum absolute atomic E-state index is 0.0815. The zero-order valence-corrected chi connectivity index (χ0v) is 9.51. The molecule has 1 heterocycles. The molecule has 1 aromatic rings. The van der Waals surface area contributed by atoms with Crippen LogP contribution >= 0.6 is 15.9 Å². The van der Waals surface area contributed by atoms with Gasteiger partial charge in [0.1, 0.15) is 6.54 Å². The Kier molecular flexibility index (Phi) is 3.90. The molecule has 0 aliphatic heterocycles. The number of rotatable bonds is 3. The number of alkyl halides is 3. The molecular formula is C8H9BrF3N3. The summed E-state index contributed by atoms with van der Waals surface area (Å²) in [5.74, 6) is 0.0815. The summed E-state index contributed by atoms with van der Waals surface area (Å²) in [5, 5.41) is 0. The maximum absolute atomic E-state index is 12.2. The molecule has 0 N–H and O–H groups in total. The first-order chi connectivity index (χ1) is 6.92. The lowest BCUT2D eigenvalue weighted by Gasteiger charge is -2.21. The fourth-order valence-corrected chi connectivity index (χ4v) is 1.21. The Bertz CT molecular complexity index is 312. The molecular weight excluding hydrogens is 275 g/mol. The average Bonchev–Trinajstić information content (AvgIpc) is 2.14. The standard InChI is InChI=1S/C8H9BrF3N3/c1-2-15(5-8(10,11)12)7-13-3-6(9)4-14-7/h3-4H,2,5H2,1H3. The molecule has 1 aromatic heterocycles. The summed E-state index contributed by atoms with van der Waals surface area (Å²) >= 11 is 3.11. The largest absolute Gasteiger partial charge is 0.406 e. The van der Waals surface area contributed by atoms with Crippen LogP contribution in [0.5, 0.6) is 0 Å². The van der Waals surface area contributed by atoms with Gasteiger partial charge in [0.15, 0.2) is 0 Å². The van der Waals surface area contributed by atoms with Crippen LogP contribution < -0.4 is 4.90 Å². The monoisotopic (exact) mass is 283 g/mol. The van der Waals surface area contributed by atoms with Crippen LogP contribution in [0.3, 0.4) is 0 Å². The SMILES string of the molecule is CCN(CC(F)(F)F)c1ncc(Br)cn1. The van der Waals surface area contributed by atoms with Crippen molar-refractivity contribution in [3.05, 3.63) is 16.9 Å². The first-order valence-electron chi connectivity index (χ1n) is 4.21. The molecule has 0 aliphatic rings. The first-order valence-corrected chi connectivity index (χ1v) is 5.01. The summed E-state index contributed by atoms with van der Waals surface area (Å²) in [5.41, 5.74) is 0. The number of anilines is 1. The van der Waals surface area contributed by atoms with Crippen LogP contribution in [-0.2, 0) is 0 Å². The van der Waals surface area contributed by atoms with Gasteiger partial charge in [0, 0.05) is 18.9 Å². The normalized spacial score (nSPS) is 11.5. The third-order valence-electron chi connectivity index (χ3n) is 1.64. The van der Waals surface area contributed by atoms with Gasteiger partial charge in [-0.1, -0.05) is 0 Å². The van der Waals surface area contributed by atoms with Gasteiger partial charge in [0.2, 0.25) is 5.95 Å². The van der Waals surface area contributed by atoms with E-state index in [0.29, 0.717) is 4.47 Å². The summed E-state index contributed by atoms with van der Waals surface area (Å²) < 4.78 is 37.1. The van der Waals surface area contributed by atoms with E-state index < -0.39 is 12.7 Å². The Morgan fingerprint density at radius 1 is 1.33 bits per heavy atom. The van der Waals surface area contributed by atoms with Gasteiger partial charge < -0.3 is 4.90 Å². The lowest BCUT2D eigenvalue weighted by molar-refractivity contribution is -0.119. The summed E-state index contributed by atoms with van der Waals surface area (Å²) in [6.45, 7) is 0.795. The van der Waals surface area contributed by atoms with E-state index in [-0.39, 0.29) is 12.5 Å². The van der Waals surface area contributed by atoms with Crippen molar-refractivity contribution in [3.8, 4) is 0 Å². The summed E-state index contributed by atoms with van der Waals surface area (Å²) in [6.07, 6.45) is -1.41. The summed E-state index contributed by atoms with van der Waals surface area (Å²) in [4.78, 5) is 8.67. The van der Waals surface area contributed by atoms with E-state index in [4.69, 9.17) is 0 Å². The Balaban J connectivity index is 2.79. The number of hydrogen-bond donors (Lipinski definition) is 0. The number of hydrogen-bond acceptors (Lipinski definition) is 3. The molecule has 0 saturated carbocycles. The van der Waals surface area contributed by atoms with Crippen molar-refractivity contribution in [2.24, 2.45) is 0 Å². The van der Waals surface area contributed by atoms with Gasteiger partial charge >= 0.3 is 6.18 Å². The lowest BCUT2D eigenvalue weighted by Crippen LogP contribution is -2.35. The van der Waals surface area contributed by atoms with Crippen LogP contribution in [0.15, 0.2) is 16.9 Å². The number of aromatic nitrogens is 2. The molecule has 84 valence electrons. The zero-order valence-electron chi connectivity index (χ0n) is 7.92. The van der Waals surface area contributed by atoms with Crippen LogP contribution in [0, 0.1) is 0 Å². The molecule has 0 aliphatic carbocycles. The van der Waals surface area contributed by atoms with Crippen molar-refractivity contribution in [3.63, 3.8) is 0 Å². The van der Waals surface area contributed by atoms with E-state index in [1.807, 2.05) is 0 Å². The highest BCUT2D eigenvalue weighted by atomic mass is 79.9. The van der Waals surface area contributed by atoms with Crippen molar-refractivity contribution >= 4 is 21.9 Å². The molecule has 0 fully saturated rings. The second kappa shape index (κ2) is 4.78. The van der Waals surface area contributed by atoms with Gasteiger partial charge in [-0.25, -0.2) is 9.97 Å². The number of nitrogens with zero attached hydrogens (tertiary/aromatic N) is 3. The molecule has 1 rings (SSSR count). The summed E-state index contributed by atoms with van der Waals surface area (Å²) in [6, 6.07) is 0. The van der Waals surface area contributed by atoms with Gasteiger partial charge in [-0.3, -0.25) is 0 Å². The second-order valence-corrected chi connectivity index (χ2v) is 3.75. The lowest BCUT2D eigenvalue weighted by atomic mass is 10.5. The molecule has 3 nitrogen and oxygen atoms in total. The highest BCUT2D eigenvalue weighted by Crippen LogP contribution is 2.19. The predicted molar refractivity (Wildman–Crippen MR) is 53.7 cm³/mol. The first kappa shape index (κ1) is 12.2. The highest BCUT2D eigenvalue weighted by molar-refractivity contribution is 9.10. The van der Waals surface area contributed by atoms with E-state index in [1.54, 1.807) is 6.92 Å². The third-order valence-corrected chi connectivity index (χ3v) is 2.05. The maximum atomic E-state index is 12.2. The van der Waals surface area contributed by atoms with Crippen LogP contribution in [-0.4, -0.2) is 29.2 Å². The van der Waals surface area contributed by atoms with Gasteiger partial charge in [0.05, 0.1) is 4.47 Å². The van der Waals surface area contributed by atoms with Crippen molar-refractivity contribution in [2.75, 3.05) is 18.0 Å². The van der Waals surface area contributed by atoms with Crippen molar-refractivity contribution in [2.45, 2.75) is 13.1 Å². The molecule has 0 aromatic carbocycles. The van der Waals surface area contributed by atoms with Crippen molar-refractivity contribution in [1.82, 2.24) is 9.97 Å². The van der Waals surface area contributed by atoms with E-state index in [1.165, 1.54) is 12.4 Å². The molecule has 0 radical (unpaired) electrons. The van der Waals surface area contributed by atoms with Crippen LogP contribution in [0.4, 0.5) is 19.1 Å². The molecule has 0 saturated heterocycles. The minimum atomic E-state index is -4.24. The van der Waals surface area contributed by atoms with E-state index >= 15 is 0 Å². The molecule has 0 unspecified atom stereocenters. The maximum Gasteiger partial charge on any atom is 0.406 e. The Labute approximate surface area is 93.5 Å². The fraction of sp³-hybridized carbons (Fsp3) is 0.500. The smallest absolute Gasteiger partial charge is 0.332 e. The molecule has 0 spiro atoms. The van der Waals surface area contributed by atoms with Crippen LogP contribution in [0.25, 0.3) is 0 Å². The quantitative estimate of drug-likeness (QED) is 0.854. The van der Waals surface area contributed by atoms with E-state index in [2.05, 4.69) is 25.9 Å². The van der Waals surface area contributed by atoms with Crippen molar-refractivity contribution < 1.29 is 13.2 Å². The minimum Gasteiger partial charge on any atom is -0.332 e.